The van der Waals surface area contributed by atoms with E-state index in [2.05, 4.69) is 10.1 Å². The number of amides is 1. The third-order valence-corrected chi connectivity index (χ3v) is 6.95. The van der Waals surface area contributed by atoms with Crippen LogP contribution in [0.4, 0.5) is 14.5 Å². The SMILES string of the molecule is O=C(O)c1cn2c(n1)CN(C(=O)c1cnn3ccc(N4CCC[C@@H]4c4cc(F)ccc4F)cc13)CC2. The first-order valence-corrected chi connectivity index (χ1v) is 11.7. The summed E-state index contributed by atoms with van der Waals surface area (Å²) in [5.74, 6) is -1.74. The lowest BCUT2D eigenvalue weighted by molar-refractivity contribution is 0.0689. The van der Waals surface area contributed by atoms with Crippen LogP contribution in [0.2, 0.25) is 0 Å². The van der Waals surface area contributed by atoms with Crippen LogP contribution in [-0.2, 0) is 13.1 Å². The summed E-state index contributed by atoms with van der Waals surface area (Å²) in [5.41, 5.74) is 2.08. The lowest BCUT2D eigenvalue weighted by Gasteiger charge is -2.28. The van der Waals surface area contributed by atoms with Crippen LogP contribution in [0, 0.1) is 11.6 Å². The molecule has 184 valence electrons. The van der Waals surface area contributed by atoms with Crippen molar-refractivity contribution in [3.05, 3.63) is 83.2 Å². The highest BCUT2D eigenvalue weighted by Crippen LogP contribution is 2.38. The molecule has 1 amide bonds. The predicted octanol–water partition coefficient (Wildman–Crippen LogP) is 3.50. The number of benzene rings is 1. The number of hydrogen-bond donors (Lipinski definition) is 1. The first-order chi connectivity index (χ1) is 17.4. The molecule has 1 N–H and O–H groups in total. The van der Waals surface area contributed by atoms with Gasteiger partial charge in [0.15, 0.2) is 5.69 Å². The second kappa shape index (κ2) is 8.43. The molecule has 1 fully saturated rings. The molecular formula is C25H22F2N6O3. The molecule has 2 aliphatic heterocycles. The Bertz CT molecular complexity index is 1510. The van der Waals surface area contributed by atoms with Gasteiger partial charge >= 0.3 is 5.97 Å². The zero-order chi connectivity index (χ0) is 25.0. The van der Waals surface area contributed by atoms with E-state index in [1.54, 1.807) is 20.2 Å². The molecule has 0 aliphatic carbocycles. The molecule has 11 heteroatoms. The van der Waals surface area contributed by atoms with Crippen molar-refractivity contribution in [3.8, 4) is 0 Å². The van der Waals surface area contributed by atoms with Crippen molar-refractivity contribution in [1.82, 2.24) is 24.1 Å². The monoisotopic (exact) mass is 492 g/mol. The molecule has 1 atom stereocenters. The zero-order valence-corrected chi connectivity index (χ0v) is 19.1. The summed E-state index contributed by atoms with van der Waals surface area (Å²) in [6.07, 6.45) is 6.26. The van der Waals surface area contributed by atoms with E-state index < -0.39 is 17.6 Å². The minimum Gasteiger partial charge on any atom is -0.476 e. The maximum atomic E-state index is 14.5. The number of carbonyl (C=O) groups is 2. The van der Waals surface area contributed by atoms with Gasteiger partial charge in [-0.25, -0.2) is 23.1 Å². The molecule has 0 saturated carbocycles. The zero-order valence-electron chi connectivity index (χ0n) is 19.1. The number of rotatable bonds is 4. The van der Waals surface area contributed by atoms with E-state index in [0.717, 1.165) is 24.2 Å². The average Bonchev–Trinajstić information content (AvgIpc) is 3.62. The highest BCUT2D eigenvalue weighted by atomic mass is 19.1. The van der Waals surface area contributed by atoms with Crippen molar-refractivity contribution in [2.24, 2.45) is 0 Å². The lowest BCUT2D eigenvalue weighted by atomic mass is 10.0. The van der Waals surface area contributed by atoms with E-state index in [0.29, 0.717) is 48.5 Å². The molecular weight excluding hydrogens is 470 g/mol. The molecule has 3 aromatic heterocycles. The number of anilines is 1. The Hall–Kier alpha value is -4.28. The van der Waals surface area contributed by atoms with Gasteiger partial charge in [0.2, 0.25) is 0 Å². The normalized spacial score (nSPS) is 17.6. The number of imidazole rings is 1. The molecule has 6 rings (SSSR count). The molecule has 5 heterocycles. The molecule has 4 aromatic rings. The Morgan fingerprint density at radius 1 is 1.08 bits per heavy atom. The largest absolute Gasteiger partial charge is 0.476 e. The number of aromatic carboxylic acids is 1. The van der Waals surface area contributed by atoms with E-state index in [4.69, 9.17) is 0 Å². The third-order valence-electron chi connectivity index (χ3n) is 6.95. The minimum atomic E-state index is -1.11. The molecule has 0 spiro atoms. The van der Waals surface area contributed by atoms with Gasteiger partial charge in [0.1, 0.15) is 17.5 Å². The molecule has 2 aliphatic rings. The molecule has 1 saturated heterocycles. The van der Waals surface area contributed by atoms with Crippen LogP contribution >= 0.6 is 0 Å². The van der Waals surface area contributed by atoms with Gasteiger partial charge in [0.05, 0.1) is 29.9 Å². The van der Waals surface area contributed by atoms with Crippen molar-refractivity contribution >= 4 is 23.1 Å². The van der Waals surface area contributed by atoms with E-state index >= 15 is 0 Å². The Morgan fingerprint density at radius 3 is 2.78 bits per heavy atom. The van der Waals surface area contributed by atoms with Gasteiger partial charge < -0.3 is 19.5 Å². The number of carboxylic acid groups (broad SMARTS) is 1. The van der Waals surface area contributed by atoms with E-state index in [9.17, 15) is 23.5 Å². The molecule has 0 bridgehead atoms. The van der Waals surface area contributed by atoms with E-state index in [1.165, 1.54) is 18.5 Å². The minimum absolute atomic E-state index is 0.0465. The summed E-state index contributed by atoms with van der Waals surface area (Å²) in [7, 11) is 0. The number of pyridine rings is 1. The summed E-state index contributed by atoms with van der Waals surface area (Å²) < 4.78 is 31.8. The van der Waals surface area contributed by atoms with E-state index in [-0.39, 0.29) is 24.2 Å². The van der Waals surface area contributed by atoms with Crippen molar-refractivity contribution in [1.29, 1.82) is 0 Å². The van der Waals surface area contributed by atoms with Crippen LogP contribution in [0.15, 0.2) is 48.9 Å². The lowest BCUT2D eigenvalue weighted by Crippen LogP contribution is -2.38. The number of carbonyl (C=O) groups excluding carboxylic acids is 1. The second-order valence-electron chi connectivity index (χ2n) is 9.06. The molecule has 9 nitrogen and oxygen atoms in total. The van der Waals surface area contributed by atoms with Gasteiger partial charge in [-0.2, -0.15) is 5.10 Å². The summed E-state index contributed by atoms with van der Waals surface area (Å²) in [6, 6.07) is 6.92. The molecule has 1 aromatic carbocycles. The fraction of sp³-hybridized carbons (Fsp3) is 0.280. The molecule has 0 unspecified atom stereocenters. The third kappa shape index (κ3) is 3.67. The number of carboxylic acids is 1. The number of hydrogen-bond acceptors (Lipinski definition) is 5. The van der Waals surface area contributed by atoms with Gasteiger partial charge in [-0.1, -0.05) is 0 Å². The van der Waals surface area contributed by atoms with Gasteiger partial charge in [0, 0.05) is 43.3 Å². The number of aromatic nitrogens is 4. The topological polar surface area (TPSA) is 96.0 Å². The number of fused-ring (bicyclic) bond motifs is 2. The van der Waals surface area contributed by atoms with Crippen LogP contribution in [0.3, 0.4) is 0 Å². The smallest absolute Gasteiger partial charge is 0.356 e. The van der Waals surface area contributed by atoms with Crippen molar-refractivity contribution in [2.45, 2.75) is 32.0 Å². The highest BCUT2D eigenvalue weighted by Gasteiger charge is 2.30. The van der Waals surface area contributed by atoms with Crippen molar-refractivity contribution in [2.75, 3.05) is 18.0 Å². The van der Waals surface area contributed by atoms with Crippen LogP contribution in [0.1, 0.15) is 51.1 Å². The Balaban J connectivity index is 1.30. The first-order valence-electron chi connectivity index (χ1n) is 11.7. The van der Waals surface area contributed by atoms with Gasteiger partial charge in [0.25, 0.3) is 5.91 Å². The highest BCUT2D eigenvalue weighted by molar-refractivity contribution is 6.01. The standard InChI is InChI=1S/C25H22F2N6O3/c26-15-3-4-19(27)17(10-15)21-2-1-6-32(21)16-5-7-33-22(11-16)18(12-28-33)24(34)31-9-8-30-13-20(25(35)36)29-23(30)14-31/h3-5,7,10-13,21H,1-2,6,8-9,14H2,(H,35,36)/t21-/m1/s1. The quantitative estimate of drug-likeness (QED) is 0.469. The van der Waals surface area contributed by atoms with Crippen LogP contribution in [0.25, 0.3) is 5.52 Å². The maximum absolute atomic E-state index is 14.5. The Labute approximate surface area is 204 Å². The van der Waals surface area contributed by atoms with Crippen LogP contribution in [-0.4, -0.2) is 54.1 Å². The molecule has 0 radical (unpaired) electrons. The van der Waals surface area contributed by atoms with Gasteiger partial charge in [-0.15, -0.1) is 0 Å². The number of halogens is 2. The summed E-state index contributed by atoms with van der Waals surface area (Å²) in [6.45, 7) is 1.72. The summed E-state index contributed by atoms with van der Waals surface area (Å²) in [4.78, 5) is 32.5. The number of nitrogens with zero attached hydrogens (tertiary/aromatic N) is 6. The second-order valence-corrected chi connectivity index (χ2v) is 9.06. The van der Waals surface area contributed by atoms with Gasteiger partial charge in [-0.05, 0) is 43.2 Å². The van der Waals surface area contributed by atoms with Crippen LogP contribution in [0.5, 0.6) is 0 Å². The first kappa shape index (κ1) is 22.2. The fourth-order valence-electron chi connectivity index (χ4n) is 5.18. The predicted molar refractivity (Wildman–Crippen MR) is 125 cm³/mol. The van der Waals surface area contributed by atoms with E-state index in [1.807, 2.05) is 17.0 Å². The summed E-state index contributed by atoms with van der Waals surface area (Å²) >= 11 is 0. The Morgan fingerprint density at radius 2 is 1.94 bits per heavy atom. The maximum Gasteiger partial charge on any atom is 0.356 e. The van der Waals surface area contributed by atoms with Crippen molar-refractivity contribution < 1.29 is 23.5 Å². The van der Waals surface area contributed by atoms with Gasteiger partial charge in [-0.3, -0.25) is 4.79 Å². The van der Waals surface area contributed by atoms with Crippen LogP contribution < -0.4 is 4.90 Å². The average molecular weight is 492 g/mol. The summed E-state index contributed by atoms with van der Waals surface area (Å²) in [5, 5.41) is 13.5. The van der Waals surface area contributed by atoms with Crippen molar-refractivity contribution in [3.63, 3.8) is 0 Å². The Kier molecular flexibility index (Phi) is 5.20. The molecule has 36 heavy (non-hydrogen) atoms. The fourth-order valence-corrected chi connectivity index (χ4v) is 5.18.